The highest BCUT2D eigenvalue weighted by Crippen LogP contribution is 2.37. The van der Waals surface area contributed by atoms with Crippen molar-refractivity contribution >= 4 is 16.6 Å². The van der Waals surface area contributed by atoms with Crippen molar-refractivity contribution < 1.29 is 0 Å². The third kappa shape index (κ3) is 2.01. The van der Waals surface area contributed by atoms with Gasteiger partial charge in [-0.25, -0.2) is 0 Å². The summed E-state index contributed by atoms with van der Waals surface area (Å²) in [6.07, 6.45) is 7.77. The van der Waals surface area contributed by atoms with Crippen molar-refractivity contribution in [2.75, 3.05) is 18.8 Å². The summed E-state index contributed by atoms with van der Waals surface area (Å²) in [5.41, 5.74) is 9.67. The molecule has 0 bridgehead atoms. The molecule has 0 atom stereocenters. The zero-order valence-corrected chi connectivity index (χ0v) is 12.2. The number of nitrogens with two attached hydrogens (primary N) is 1. The van der Waals surface area contributed by atoms with Gasteiger partial charge in [-0.3, -0.25) is 0 Å². The van der Waals surface area contributed by atoms with Crippen LogP contribution in [0.3, 0.4) is 0 Å². The standard InChI is InChI=1S/C17H23N3/c1-19-11-16(15-10-13(18)2-5-17(15)19)12-6-8-20(9-7-12)14-3-4-14/h2,5,10-12,14H,3-4,6-9,18H2,1H3. The summed E-state index contributed by atoms with van der Waals surface area (Å²) in [6, 6.07) is 7.21. The molecule has 1 saturated heterocycles. The molecule has 1 aromatic heterocycles. The van der Waals surface area contributed by atoms with Gasteiger partial charge < -0.3 is 15.2 Å². The van der Waals surface area contributed by atoms with Crippen molar-refractivity contribution in [3.05, 3.63) is 30.0 Å². The Morgan fingerprint density at radius 3 is 2.55 bits per heavy atom. The van der Waals surface area contributed by atoms with E-state index in [0.29, 0.717) is 5.92 Å². The van der Waals surface area contributed by atoms with E-state index in [9.17, 15) is 0 Å². The van der Waals surface area contributed by atoms with Gasteiger partial charge >= 0.3 is 0 Å². The minimum atomic E-state index is 0.704. The lowest BCUT2D eigenvalue weighted by atomic mass is 9.89. The normalized spacial score (nSPS) is 21.6. The quantitative estimate of drug-likeness (QED) is 0.850. The van der Waals surface area contributed by atoms with Crippen LogP contribution in [0.5, 0.6) is 0 Å². The fourth-order valence-electron chi connectivity index (χ4n) is 3.78. The van der Waals surface area contributed by atoms with Crippen LogP contribution in [0, 0.1) is 0 Å². The summed E-state index contributed by atoms with van der Waals surface area (Å²) < 4.78 is 2.25. The Morgan fingerprint density at radius 2 is 1.85 bits per heavy atom. The van der Waals surface area contributed by atoms with Gasteiger partial charge in [0.05, 0.1) is 0 Å². The highest BCUT2D eigenvalue weighted by molar-refractivity contribution is 5.87. The van der Waals surface area contributed by atoms with Crippen molar-refractivity contribution in [1.29, 1.82) is 0 Å². The van der Waals surface area contributed by atoms with Crippen LogP contribution in [-0.2, 0) is 7.05 Å². The number of piperidine rings is 1. The lowest BCUT2D eigenvalue weighted by molar-refractivity contribution is 0.204. The van der Waals surface area contributed by atoms with Crippen molar-refractivity contribution in [2.24, 2.45) is 7.05 Å². The number of aromatic nitrogens is 1. The first-order valence-electron chi connectivity index (χ1n) is 7.81. The molecule has 1 aliphatic carbocycles. The van der Waals surface area contributed by atoms with Gasteiger partial charge in [0.1, 0.15) is 0 Å². The maximum atomic E-state index is 5.98. The highest BCUT2D eigenvalue weighted by Gasteiger charge is 2.32. The number of benzene rings is 1. The van der Waals surface area contributed by atoms with E-state index in [1.54, 1.807) is 0 Å². The SMILES string of the molecule is Cn1cc(C2CCN(C3CC3)CC2)c2cc(N)ccc21. The van der Waals surface area contributed by atoms with Gasteiger partial charge in [-0.05, 0) is 68.5 Å². The number of hydrogen-bond donors (Lipinski definition) is 1. The first-order chi connectivity index (χ1) is 9.72. The van der Waals surface area contributed by atoms with Gasteiger partial charge in [0.2, 0.25) is 0 Å². The Morgan fingerprint density at radius 1 is 1.10 bits per heavy atom. The fraction of sp³-hybridized carbons (Fsp3) is 0.529. The first kappa shape index (κ1) is 12.3. The summed E-state index contributed by atoms with van der Waals surface area (Å²) >= 11 is 0. The fourth-order valence-corrected chi connectivity index (χ4v) is 3.78. The second kappa shape index (κ2) is 4.52. The zero-order chi connectivity index (χ0) is 13.7. The molecule has 2 aliphatic rings. The van der Waals surface area contributed by atoms with Crippen LogP contribution in [0.1, 0.15) is 37.2 Å². The smallest absolute Gasteiger partial charge is 0.0482 e. The molecule has 3 heteroatoms. The average Bonchev–Trinajstić information content (AvgIpc) is 3.25. The van der Waals surface area contributed by atoms with Gasteiger partial charge in [-0.1, -0.05) is 0 Å². The number of nitrogen functional groups attached to an aromatic ring is 1. The molecule has 2 fully saturated rings. The molecular formula is C17H23N3. The van der Waals surface area contributed by atoms with E-state index in [1.165, 1.54) is 55.2 Å². The van der Waals surface area contributed by atoms with Gasteiger partial charge in [0.15, 0.2) is 0 Å². The molecule has 0 amide bonds. The molecule has 106 valence electrons. The predicted molar refractivity (Wildman–Crippen MR) is 83.9 cm³/mol. The molecule has 0 unspecified atom stereocenters. The third-order valence-electron chi connectivity index (χ3n) is 5.08. The van der Waals surface area contributed by atoms with Crippen molar-refractivity contribution in [3.63, 3.8) is 0 Å². The van der Waals surface area contributed by atoms with Crippen molar-refractivity contribution in [2.45, 2.75) is 37.6 Å². The van der Waals surface area contributed by atoms with Gasteiger partial charge in [-0.2, -0.15) is 0 Å². The second-order valence-corrected chi connectivity index (χ2v) is 6.51. The summed E-state index contributed by atoms with van der Waals surface area (Å²) in [5, 5.41) is 1.36. The Labute approximate surface area is 120 Å². The first-order valence-corrected chi connectivity index (χ1v) is 7.81. The summed E-state index contributed by atoms with van der Waals surface area (Å²) in [6.45, 7) is 2.54. The minimum Gasteiger partial charge on any atom is -0.399 e. The van der Waals surface area contributed by atoms with E-state index < -0.39 is 0 Å². The van der Waals surface area contributed by atoms with Crippen LogP contribution in [0.2, 0.25) is 0 Å². The number of fused-ring (bicyclic) bond motifs is 1. The van der Waals surface area contributed by atoms with E-state index >= 15 is 0 Å². The Kier molecular flexibility index (Phi) is 2.77. The average molecular weight is 269 g/mol. The molecular weight excluding hydrogens is 246 g/mol. The van der Waals surface area contributed by atoms with Gasteiger partial charge in [0, 0.05) is 35.9 Å². The molecule has 0 radical (unpaired) electrons. The van der Waals surface area contributed by atoms with E-state index in [2.05, 4.69) is 34.8 Å². The van der Waals surface area contributed by atoms with Crippen LogP contribution in [0.15, 0.2) is 24.4 Å². The molecule has 1 aromatic carbocycles. The Hall–Kier alpha value is -1.48. The number of aryl methyl sites for hydroxylation is 1. The van der Waals surface area contributed by atoms with Crippen LogP contribution in [0.25, 0.3) is 10.9 Å². The molecule has 2 aromatic rings. The monoisotopic (exact) mass is 269 g/mol. The van der Waals surface area contributed by atoms with Gasteiger partial charge in [0.25, 0.3) is 0 Å². The number of nitrogens with zero attached hydrogens (tertiary/aromatic N) is 2. The topological polar surface area (TPSA) is 34.2 Å². The summed E-state index contributed by atoms with van der Waals surface area (Å²) in [5.74, 6) is 0.704. The zero-order valence-electron chi connectivity index (χ0n) is 12.2. The lowest BCUT2D eigenvalue weighted by Crippen LogP contribution is -2.34. The van der Waals surface area contributed by atoms with Crippen LogP contribution in [0.4, 0.5) is 5.69 Å². The van der Waals surface area contributed by atoms with E-state index in [1.807, 2.05) is 6.07 Å². The second-order valence-electron chi connectivity index (χ2n) is 6.51. The van der Waals surface area contributed by atoms with E-state index in [4.69, 9.17) is 5.73 Å². The Balaban J connectivity index is 1.63. The van der Waals surface area contributed by atoms with Crippen molar-refractivity contribution in [3.8, 4) is 0 Å². The number of rotatable bonds is 2. The van der Waals surface area contributed by atoms with Crippen LogP contribution < -0.4 is 5.73 Å². The van der Waals surface area contributed by atoms with Crippen LogP contribution >= 0.6 is 0 Å². The molecule has 2 heterocycles. The Bertz CT molecular complexity index is 631. The number of likely N-dealkylation sites (tertiary alicyclic amines) is 1. The summed E-state index contributed by atoms with van der Waals surface area (Å²) in [7, 11) is 2.14. The number of hydrogen-bond acceptors (Lipinski definition) is 2. The van der Waals surface area contributed by atoms with Gasteiger partial charge in [-0.15, -0.1) is 0 Å². The maximum absolute atomic E-state index is 5.98. The largest absolute Gasteiger partial charge is 0.399 e. The lowest BCUT2D eigenvalue weighted by Gasteiger charge is -2.32. The molecule has 1 saturated carbocycles. The third-order valence-corrected chi connectivity index (χ3v) is 5.08. The minimum absolute atomic E-state index is 0.704. The maximum Gasteiger partial charge on any atom is 0.0482 e. The predicted octanol–water partition coefficient (Wildman–Crippen LogP) is 3.10. The van der Waals surface area contributed by atoms with Crippen LogP contribution in [-0.4, -0.2) is 28.6 Å². The molecule has 20 heavy (non-hydrogen) atoms. The molecule has 1 aliphatic heterocycles. The molecule has 2 N–H and O–H groups in total. The molecule has 3 nitrogen and oxygen atoms in total. The van der Waals surface area contributed by atoms with E-state index in [0.717, 1.165) is 11.7 Å². The summed E-state index contributed by atoms with van der Waals surface area (Å²) in [4.78, 5) is 2.69. The highest BCUT2D eigenvalue weighted by atomic mass is 15.2. The number of anilines is 1. The van der Waals surface area contributed by atoms with Crippen molar-refractivity contribution in [1.82, 2.24) is 9.47 Å². The molecule has 0 spiro atoms. The molecule has 4 rings (SSSR count). The van der Waals surface area contributed by atoms with E-state index in [-0.39, 0.29) is 0 Å².